The van der Waals surface area contributed by atoms with Gasteiger partial charge in [-0.25, -0.2) is 0 Å². The molecule has 0 saturated heterocycles. The first kappa shape index (κ1) is 37.9. The number of hydrogen-bond acceptors (Lipinski definition) is 2. The van der Waals surface area contributed by atoms with Crippen molar-refractivity contribution in [3.8, 4) is 0 Å². The number of hydrogen-bond donors (Lipinski definition) is 2. The maximum atomic E-state index is 6.41. The van der Waals surface area contributed by atoms with Crippen molar-refractivity contribution in [3.63, 3.8) is 0 Å². The van der Waals surface area contributed by atoms with Crippen molar-refractivity contribution >= 4 is 0 Å². The van der Waals surface area contributed by atoms with Crippen LogP contribution in [0, 0.1) is 0 Å². The molecule has 230 valence electrons. The number of nitrogens with two attached hydrogens (primary N) is 2. The van der Waals surface area contributed by atoms with E-state index < -0.39 is 5.66 Å². The summed E-state index contributed by atoms with van der Waals surface area (Å²) in [5.74, 6) is 0. The van der Waals surface area contributed by atoms with Crippen LogP contribution in [0.15, 0.2) is 0 Å². The molecular formula is C36H76N2. The Morgan fingerprint density at radius 1 is 0.263 bits per heavy atom. The molecule has 0 unspecified atom stereocenters. The lowest BCUT2D eigenvalue weighted by atomic mass is 9.95. The lowest BCUT2D eigenvalue weighted by Crippen LogP contribution is -2.49. The summed E-state index contributed by atoms with van der Waals surface area (Å²) in [5, 5.41) is 0. The minimum atomic E-state index is -0.424. The van der Waals surface area contributed by atoms with Crippen LogP contribution >= 0.6 is 0 Å². The van der Waals surface area contributed by atoms with E-state index in [1.54, 1.807) is 0 Å². The Hall–Kier alpha value is -0.0800. The van der Waals surface area contributed by atoms with Gasteiger partial charge in [-0.2, -0.15) is 0 Å². The van der Waals surface area contributed by atoms with Crippen LogP contribution in [0.2, 0.25) is 0 Å². The third-order valence-electron chi connectivity index (χ3n) is 8.74. The van der Waals surface area contributed by atoms with E-state index in [4.69, 9.17) is 11.5 Å². The highest BCUT2D eigenvalue weighted by atomic mass is 14.9. The first-order chi connectivity index (χ1) is 18.6. The second kappa shape index (κ2) is 31.4. The SMILES string of the molecule is CCCCCCCCCCCCCCCCCCC(N)(N)CCCCCCCCCCCCCCCCC. The van der Waals surface area contributed by atoms with Gasteiger partial charge in [-0.15, -0.1) is 0 Å². The first-order valence-corrected chi connectivity index (χ1v) is 18.2. The van der Waals surface area contributed by atoms with E-state index in [0.717, 1.165) is 12.8 Å². The molecule has 0 aliphatic heterocycles. The van der Waals surface area contributed by atoms with Gasteiger partial charge in [-0.1, -0.05) is 213 Å². The van der Waals surface area contributed by atoms with E-state index in [0.29, 0.717) is 0 Å². The van der Waals surface area contributed by atoms with E-state index in [2.05, 4.69) is 13.8 Å². The summed E-state index contributed by atoms with van der Waals surface area (Å²) >= 11 is 0. The minimum absolute atomic E-state index is 0.424. The monoisotopic (exact) mass is 537 g/mol. The summed E-state index contributed by atoms with van der Waals surface area (Å²) in [6.45, 7) is 4.60. The van der Waals surface area contributed by atoms with Crippen molar-refractivity contribution in [1.82, 2.24) is 0 Å². The largest absolute Gasteiger partial charge is 0.313 e. The zero-order valence-electron chi connectivity index (χ0n) is 27.0. The van der Waals surface area contributed by atoms with Gasteiger partial charge in [0, 0.05) is 0 Å². The molecule has 0 aromatic heterocycles. The fraction of sp³-hybridized carbons (Fsp3) is 1.00. The standard InChI is InChI=1S/C36H76N2/c1-3-5-7-9-11-13-15-17-19-21-23-25-27-29-31-33-35-36(37,38)34-32-30-28-26-24-22-20-18-16-14-12-10-8-6-4-2/h3-35,37-38H2,1-2H3. The molecule has 0 amide bonds. The molecule has 0 heterocycles. The molecule has 0 aliphatic rings. The fourth-order valence-corrected chi connectivity index (χ4v) is 5.95. The van der Waals surface area contributed by atoms with Crippen molar-refractivity contribution in [2.45, 2.75) is 231 Å². The Balaban J connectivity index is 3.27. The summed E-state index contributed by atoms with van der Waals surface area (Å²) in [6, 6.07) is 0. The van der Waals surface area contributed by atoms with E-state index >= 15 is 0 Å². The van der Waals surface area contributed by atoms with Gasteiger partial charge in [0.05, 0.1) is 5.66 Å². The molecule has 4 N–H and O–H groups in total. The average Bonchev–Trinajstić information content (AvgIpc) is 2.90. The van der Waals surface area contributed by atoms with Crippen molar-refractivity contribution in [1.29, 1.82) is 0 Å². The Bertz CT molecular complexity index is 420. The molecule has 0 aromatic rings. The van der Waals surface area contributed by atoms with Gasteiger partial charge < -0.3 is 11.5 Å². The minimum Gasteiger partial charge on any atom is -0.313 e. The van der Waals surface area contributed by atoms with Gasteiger partial charge >= 0.3 is 0 Å². The van der Waals surface area contributed by atoms with Crippen molar-refractivity contribution in [3.05, 3.63) is 0 Å². The fourth-order valence-electron chi connectivity index (χ4n) is 5.95. The molecule has 2 heteroatoms. The van der Waals surface area contributed by atoms with E-state index in [-0.39, 0.29) is 0 Å². The third-order valence-corrected chi connectivity index (χ3v) is 8.74. The normalized spacial score (nSPS) is 12.0. The van der Waals surface area contributed by atoms with E-state index in [1.807, 2.05) is 0 Å². The summed E-state index contributed by atoms with van der Waals surface area (Å²) in [6.07, 6.45) is 45.8. The van der Waals surface area contributed by atoms with Gasteiger partial charge in [-0.3, -0.25) is 0 Å². The molecule has 0 aromatic carbocycles. The molecule has 0 spiro atoms. The van der Waals surface area contributed by atoms with Crippen LogP contribution in [0.25, 0.3) is 0 Å². The van der Waals surface area contributed by atoms with Gasteiger partial charge in [0.25, 0.3) is 0 Å². The van der Waals surface area contributed by atoms with E-state index in [1.165, 1.54) is 199 Å². The van der Waals surface area contributed by atoms with Crippen molar-refractivity contribution in [2.75, 3.05) is 0 Å². The Morgan fingerprint density at radius 2 is 0.421 bits per heavy atom. The maximum absolute atomic E-state index is 6.41. The molecular weight excluding hydrogens is 460 g/mol. The van der Waals surface area contributed by atoms with Crippen LogP contribution in [-0.4, -0.2) is 5.66 Å². The van der Waals surface area contributed by atoms with Gasteiger partial charge in [0.15, 0.2) is 0 Å². The Kier molecular flexibility index (Phi) is 31.4. The second-order valence-electron chi connectivity index (χ2n) is 13.0. The summed E-state index contributed by atoms with van der Waals surface area (Å²) in [4.78, 5) is 0. The highest BCUT2D eigenvalue weighted by Gasteiger charge is 2.17. The molecule has 38 heavy (non-hydrogen) atoms. The van der Waals surface area contributed by atoms with Crippen LogP contribution in [0.3, 0.4) is 0 Å². The summed E-state index contributed by atoms with van der Waals surface area (Å²) < 4.78 is 0. The smallest absolute Gasteiger partial charge is 0.0636 e. The van der Waals surface area contributed by atoms with Crippen LogP contribution in [0.5, 0.6) is 0 Å². The molecule has 0 aliphatic carbocycles. The van der Waals surface area contributed by atoms with Crippen LogP contribution < -0.4 is 11.5 Å². The van der Waals surface area contributed by atoms with Crippen LogP contribution in [-0.2, 0) is 0 Å². The molecule has 2 nitrogen and oxygen atoms in total. The zero-order valence-corrected chi connectivity index (χ0v) is 27.0. The zero-order chi connectivity index (χ0) is 27.8. The molecule has 0 radical (unpaired) electrons. The summed E-state index contributed by atoms with van der Waals surface area (Å²) in [5.41, 5.74) is 12.4. The average molecular weight is 537 g/mol. The van der Waals surface area contributed by atoms with Gasteiger partial charge in [-0.05, 0) is 12.8 Å². The van der Waals surface area contributed by atoms with Crippen LogP contribution in [0.1, 0.15) is 226 Å². The van der Waals surface area contributed by atoms with Gasteiger partial charge in [0.1, 0.15) is 0 Å². The maximum Gasteiger partial charge on any atom is 0.0636 e. The van der Waals surface area contributed by atoms with Crippen molar-refractivity contribution < 1.29 is 0 Å². The Morgan fingerprint density at radius 3 is 0.605 bits per heavy atom. The third kappa shape index (κ3) is 32.1. The van der Waals surface area contributed by atoms with Gasteiger partial charge in [0.2, 0.25) is 0 Å². The van der Waals surface area contributed by atoms with E-state index in [9.17, 15) is 0 Å². The predicted molar refractivity (Wildman–Crippen MR) is 175 cm³/mol. The number of unbranched alkanes of at least 4 members (excludes halogenated alkanes) is 29. The molecule has 0 atom stereocenters. The quantitative estimate of drug-likeness (QED) is 0.0647. The lowest BCUT2D eigenvalue weighted by molar-refractivity contribution is 0.345. The molecule has 0 bridgehead atoms. The van der Waals surface area contributed by atoms with Crippen molar-refractivity contribution in [2.24, 2.45) is 11.5 Å². The highest BCUT2D eigenvalue weighted by molar-refractivity contribution is 4.76. The first-order valence-electron chi connectivity index (χ1n) is 18.2. The molecule has 0 rings (SSSR count). The molecule has 0 fully saturated rings. The van der Waals surface area contributed by atoms with Crippen LogP contribution in [0.4, 0.5) is 0 Å². The predicted octanol–water partition coefficient (Wildman–Crippen LogP) is 12.5. The lowest BCUT2D eigenvalue weighted by Gasteiger charge is -2.24. The summed E-state index contributed by atoms with van der Waals surface area (Å²) in [7, 11) is 0. The highest BCUT2D eigenvalue weighted by Crippen LogP contribution is 2.19. The topological polar surface area (TPSA) is 52.0 Å². The molecule has 0 saturated carbocycles. The second-order valence-corrected chi connectivity index (χ2v) is 13.0. The number of rotatable bonds is 33. The Labute approximate surface area is 242 Å².